The number of hydrogen-bond donors (Lipinski definition) is 0. The summed E-state index contributed by atoms with van der Waals surface area (Å²) in [5.41, 5.74) is 0.251. The molecule has 0 atom stereocenters. The van der Waals surface area contributed by atoms with E-state index in [2.05, 4.69) is 4.98 Å². The molecular formula is C13H8FN3O3. The van der Waals surface area contributed by atoms with Gasteiger partial charge in [-0.3, -0.25) is 10.1 Å². The average molecular weight is 273 g/mol. The second kappa shape index (κ2) is 5.32. The molecular weight excluding hydrogens is 265 g/mol. The van der Waals surface area contributed by atoms with Gasteiger partial charge in [-0.2, -0.15) is 9.65 Å². The third-order valence-electron chi connectivity index (χ3n) is 2.57. The zero-order chi connectivity index (χ0) is 14.7. The summed E-state index contributed by atoms with van der Waals surface area (Å²) in [5, 5.41) is 19.5. The predicted molar refractivity (Wildman–Crippen MR) is 66.8 cm³/mol. The summed E-state index contributed by atoms with van der Waals surface area (Å²) in [7, 11) is 0. The smallest absolute Gasteiger partial charge is 0.305 e. The first-order valence-corrected chi connectivity index (χ1v) is 5.50. The zero-order valence-corrected chi connectivity index (χ0v) is 10.3. The van der Waals surface area contributed by atoms with Gasteiger partial charge in [0.25, 0.3) is 0 Å². The Morgan fingerprint density at radius 3 is 2.80 bits per heavy atom. The van der Waals surface area contributed by atoms with Crippen molar-refractivity contribution in [1.29, 1.82) is 5.26 Å². The Morgan fingerprint density at radius 1 is 1.45 bits per heavy atom. The van der Waals surface area contributed by atoms with E-state index in [1.165, 1.54) is 12.3 Å². The maximum absolute atomic E-state index is 13.5. The largest absolute Gasteiger partial charge is 0.438 e. The van der Waals surface area contributed by atoms with Gasteiger partial charge in [0, 0.05) is 18.3 Å². The molecule has 1 aromatic heterocycles. The highest BCUT2D eigenvalue weighted by atomic mass is 19.1. The minimum atomic E-state index is -1.02. The molecule has 0 bridgehead atoms. The van der Waals surface area contributed by atoms with Crippen LogP contribution in [0.25, 0.3) is 0 Å². The van der Waals surface area contributed by atoms with Gasteiger partial charge in [0.15, 0.2) is 0 Å². The number of benzene rings is 1. The second-order valence-electron chi connectivity index (χ2n) is 3.89. The highest BCUT2D eigenvalue weighted by Gasteiger charge is 2.16. The lowest BCUT2D eigenvalue weighted by Gasteiger charge is -2.07. The number of aromatic nitrogens is 1. The van der Waals surface area contributed by atoms with Crippen molar-refractivity contribution < 1.29 is 14.1 Å². The fraction of sp³-hybridized carbons (Fsp3) is 0.0769. The topological polar surface area (TPSA) is 89.1 Å². The lowest BCUT2D eigenvalue weighted by molar-refractivity contribution is -0.387. The molecule has 0 fully saturated rings. The molecule has 2 aromatic rings. The van der Waals surface area contributed by atoms with E-state index in [0.717, 1.165) is 12.1 Å². The van der Waals surface area contributed by atoms with Gasteiger partial charge in [0.2, 0.25) is 11.7 Å². The fourth-order valence-electron chi connectivity index (χ4n) is 1.56. The van der Waals surface area contributed by atoms with Crippen molar-refractivity contribution in [3.8, 4) is 17.7 Å². The number of pyridine rings is 1. The van der Waals surface area contributed by atoms with Crippen molar-refractivity contribution in [2.75, 3.05) is 0 Å². The van der Waals surface area contributed by atoms with Crippen LogP contribution < -0.4 is 4.74 Å². The summed E-state index contributed by atoms with van der Waals surface area (Å²) >= 11 is 0. The van der Waals surface area contributed by atoms with Crippen LogP contribution in [-0.2, 0) is 0 Å². The number of halogens is 1. The summed E-state index contributed by atoms with van der Waals surface area (Å²) in [6, 6.07) is 6.69. The van der Waals surface area contributed by atoms with Gasteiger partial charge in [-0.1, -0.05) is 0 Å². The number of hydrogen-bond acceptors (Lipinski definition) is 5. The molecule has 7 heteroatoms. The van der Waals surface area contributed by atoms with Crippen LogP contribution in [0.4, 0.5) is 10.1 Å². The van der Waals surface area contributed by atoms with Crippen LogP contribution >= 0.6 is 0 Å². The summed E-state index contributed by atoms with van der Waals surface area (Å²) in [6.07, 6.45) is 1.45. The summed E-state index contributed by atoms with van der Waals surface area (Å²) in [4.78, 5) is 13.6. The third kappa shape index (κ3) is 2.54. The maximum Gasteiger partial charge on any atom is 0.305 e. The van der Waals surface area contributed by atoms with Gasteiger partial charge in [-0.15, -0.1) is 0 Å². The van der Waals surface area contributed by atoms with Crippen LogP contribution in [0.15, 0.2) is 30.5 Å². The monoisotopic (exact) mass is 273 g/mol. The van der Waals surface area contributed by atoms with Crippen LogP contribution in [-0.4, -0.2) is 9.91 Å². The van der Waals surface area contributed by atoms with Crippen LogP contribution in [0.1, 0.15) is 11.1 Å². The number of nitro benzene ring substituents is 1. The molecule has 2 rings (SSSR count). The van der Waals surface area contributed by atoms with E-state index >= 15 is 0 Å². The van der Waals surface area contributed by atoms with E-state index in [1.54, 1.807) is 13.0 Å². The van der Waals surface area contributed by atoms with Gasteiger partial charge in [-0.05, 0) is 24.6 Å². The first-order chi connectivity index (χ1) is 9.52. The van der Waals surface area contributed by atoms with Gasteiger partial charge >= 0.3 is 5.69 Å². The number of nitrogens with zero attached hydrogens (tertiary/aromatic N) is 3. The van der Waals surface area contributed by atoms with E-state index in [-0.39, 0.29) is 17.2 Å². The van der Waals surface area contributed by atoms with Gasteiger partial charge in [0.05, 0.1) is 4.92 Å². The van der Waals surface area contributed by atoms with Gasteiger partial charge in [-0.25, -0.2) is 4.98 Å². The van der Waals surface area contributed by atoms with Crippen molar-refractivity contribution in [2.45, 2.75) is 6.92 Å². The van der Waals surface area contributed by atoms with Gasteiger partial charge < -0.3 is 4.74 Å². The number of nitriles is 1. The Bertz CT molecular complexity index is 725. The number of rotatable bonds is 3. The Labute approximate surface area is 113 Å². The van der Waals surface area contributed by atoms with E-state index < -0.39 is 16.4 Å². The molecule has 0 aliphatic rings. The molecule has 0 N–H and O–H groups in total. The standard InChI is InChI=1S/C13H8FN3O3/c1-8-4-5-16-13(10(8)7-15)20-9-2-3-12(17(18)19)11(14)6-9/h2-6H,1H3. The molecule has 1 aromatic carbocycles. The molecule has 0 saturated carbocycles. The molecule has 0 spiro atoms. The first kappa shape index (κ1) is 13.4. The molecule has 0 saturated heterocycles. The molecule has 1 heterocycles. The molecule has 0 aliphatic carbocycles. The Hall–Kier alpha value is -3.01. The maximum atomic E-state index is 13.5. The molecule has 0 aliphatic heterocycles. The van der Waals surface area contributed by atoms with Crippen molar-refractivity contribution in [3.63, 3.8) is 0 Å². The molecule has 0 amide bonds. The highest BCUT2D eigenvalue weighted by Crippen LogP contribution is 2.28. The summed E-state index contributed by atoms with van der Waals surface area (Å²) in [5.74, 6) is -0.956. The lowest BCUT2D eigenvalue weighted by Crippen LogP contribution is -1.96. The molecule has 6 nitrogen and oxygen atoms in total. The van der Waals surface area contributed by atoms with Crippen molar-refractivity contribution in [3.05, 3.63) is 57.5 Å². The van der Waals surface area contributed by atoms with E-state index in [4.69, 9.17) is 10.00 Å². The Morgan fingerprint density at radius 2 is 2.20 bits per heavy atom. The van der Waals surface area contributed by atoms with E-state index in [1.807, 2.05) is 6.07 Å². The van der Waals surface area contributed by atoms with Crippen molar-refractivity contribution in [1.82, 2.24) is 4.98 Å². The van der Waals surface area contributed by atoms with Crippen LogP contribution in [0, 0.1) is 34.2 Å². The molecule has 100 valence electrons. The average Bonchev–Trinajstić information content (AvgIpc) is 2.38. The fourth-order valence-corrected chi connectivity index (χ4v) is 1.56. The highest BCUT2D eigenvalue weighted by molar-refractivity contribution is 5.46. The quantitative estimate of drug-likeness (QED) is 0.633. The Balaban J connectivity index is 2.37. The van der Waals surface area contributed by atoms with E-state index in [0.29, 0.717) is 5.56 Å². The molecule has 0 unspecified atom stereocenters. The SMILES string of the molecule is Cc1ccnc(Oc2ccc([N+](=O)[O-])c(F)c2)c1C#N. The first-order valence-electron chi connectivity index (χ1n) is 5.50. The lowest BCUT2D eigenvalue weighted by atomic mass is 10.2. The Kier molecular flexibility index (Phi) is 3.57. The minimum absolute atomic E-state index is 0.0285. The third-order valence-corrected chi connectivity index (χ3v) is 2.57. The van der Waals surface area contributed by atoms with Crippen LogP contribution in [0.3, 0.4) is 0 Å². The summed E-state index contributed by atoms with van der Waals surface area (Å²) in [6.45, 7) is 1.71. The second-order valence-corrected chi connectivity index (χ2v) is 3.89. The molecule has 0 radical (unpaired) electrons. The summed E-state index contributed by atoms with van der Waals surface area (Å²) < 4.78 is 18.8. The van der Waals surface area contributed by atoms with Gasteiger partial charge in [0.1, 0.15) is 17.4 Å². The van der Waals surface area contributed by atoms with Crippen molar-refractivity contribution >= 4 is 5.69 Å². The van der Waals surface area contributed by atoms with E-state index in [9.17, 15) is 14.5 Å². The molecule has 20 heavy (non-hydrogen) atoms. The van der Waals surface area contributed by atoms with Crippen LogP contribution in [0.5, 0.6) is 11.6 Å². The van der Waals surface area contributed by atoms with Crippen LogP contribution in [0.2, 0.25) is 0 Å². The number of nitro groups is 1. The predicted octanol–water partition coefficient (Wildman–Crippen LogP) is 3.10. The normalized spacial score (nSPS) is 9.85. The minimum Gasteiger partial charge on any atom is -0.438 e. The zero-order valence-electron chi connectivity index (χ0n) is 10.3. The number of aryl methyl sites for hydroxylation is 1. The number of ether oxygens (including phenoxy) is 1. The van der Waals surface area contributed by atoms with Crippen molar-refractivity contribution in [2.24, 2.45) is 0 Å².